The molecular weight excluding hydrogens is 268 g/mol. The fraction of sp³-hybridized carbons (Fsp3) is 0.600. The molecule has 0 aliphatic rings. The molecule has 0 heterocycles. The van der Waals surface area contributed by atoms with Gasteiger partial charge in [-0.25, -0.2) is 0 Å². The average Bonchev–Trinajstić information content (AvgIpc) is 2.40. The Morgan fingerprint density at radius 2 is 1.95 bits per heavy atom. The molecule has 0 saturated heterocycles. The van der Waals surface area contributed by atoms with Gasteiger partial charge in [-0.2, -0.15) is 0 Å². The highest BCUT2D eigenvalue weighted by Gasteiger charge is 2.17. The third kappa shape index (κ3) is 5.69. The first kappa shape index (κ1) is 17.4. The van der Waals surface area contributed by atoms with Gasteiger partial charge in [-0.15, -0.1) is 0 Å². The Morgan fingerprint density at radius 3 is 2.52 bits per heavy atom. The first-order valence-corrected chi connectivity index (χ1v) is 7.29. The summed E-state index contributed by atoms with van der Waals surface area (Å²) in [6, 6.07) is 5.25. The molecule has 0 aliphatic carbocycles. The molecule has 0 unspecified atom stereocenters. The number of para-hydroxylation sites is 1. The summed E-state index contributed by atoms with van der Waals surface area (Å²) < 4.78 is 0. The zero-order valence-corrected chi connectivity index (χ0v) is 13.4. The molecule has 6 heteroatoms. The zero-order chi connectivity index (χ0) is 15.8. The van der Waals surface area contributed by atoms with Crippen molar-refractivity contribution in [1.29, 1.82) is 0 Å². The summed E-state index contributed by atoms with van der Waals surface area (Å²) in [5, 5.41) is 14.3. The Balaban J connectivity index is 2.77. The number of hydrogen-bond acceptors (Lipinski definition) is 5. The number of hydrogen-bond donors (Lipinski definition) is 1. The van der Waals surface area contributed by atoms with Gasteiger partial charge in [-0.1, -0.05) is 12.1 Å². The standard InChI is InChI=1S/C15H26N4O2/c1-5-16-15-13(8-6-9-14(15)19(20)21)12-18(4)11-7-10-17(2)3/h6,8-9,16H,5,7,10-12H2,1-4H3. The molecule has 0 bridgehead atoms. The second-order valence-corrected chi connectivity index (χ2v) is 5.49. The summed E-state index contributed by atoms with van der Waals surface area (Å²) in [6.07, 6.45) is 1.08. The number of nitrogens with one attached hydrogen (secondary N) is 1. The van der Waals surface area contributed by atoms with Crippen LogP contribution in [0.5, 0.6) is 0 Å². The maximum absolute atomic E-state index is 11.1. The summed E-state index contributed by atoms with van der Waals surface area (Å²) in [6.45, 7) is 5.33. The van der Waals surface area contributed by atoms with Crippen molar-refractivity contribution in [2.24, 2.45) is 0 Å². The van der Waals surface area contributed by atoms with Gasteiger partial charge in [0.15, 0.2) is 0 Å². The molecule has 0 saturated carbocycles. The lowest BCUT2D eigenvalue weighted by atomic mass is 10.1. The number of nitrogens with zero attached hydrogens (tertiary/aromatic N) is 3. The van der Waals surface area contributed by atoms with E-state index in [0.717, 1.165) is 25.1 Å². The van der Waals surface area contributed by atoms with E-state index in [2.05, 4.69) is 29.2 Å². The van der Waals surface area contributed by atoms with Crippen molar-refractivity contribution >= 4 is 11.4 Å². The molecule has 0 aromatic heterocycles. The van der Waals surface area contributed by atoms with Crippen molar-refractivity contribution in [1.82, 2.24) is 9.80 Å². The molecule has 0 aliphatic heterocycles. The molecule has 6 nitrogen and oxygen atoms in total. The molecule has 0 spiro atoms. The molecule has 0 atom stereocenters. The maximum atomic E-state index is 11.1. The largest absolute Gasteiger partial charge is 0.380 e. The highest BCUT2D eigenvalue weighted by Crippen LogP contribution is 2.28. The van der Waals surface area contributed by atoms with Gasteiger partial charge >= 0.3 is 0 Å². The number of anilines is 1. The zero-order valence-electron chi connectivity index (χ0n) is 13.4. The topological polar surface area (TPSA) is 61.6 Å². The van der Waals surface area contributed by atoms with Crippen LogP contribution in [0.15, 0.2) is 18.2 Å². The van der Waals surface area contributed by atoms with E-state index in [1.54, 1.807) is 12.1 Å². The Labute approximate surface area is 126 Å². The molecule has 1 aromatic rings. The molecule has 1 aromatic carbocycles. The van der Waals surface area contributed by atoms with Gasteiger partial charge < -0.3 is 15.1 Å². The van der Waals surface area contributed by atoms with Gasteiger partial charge in [0.1, 0.15) is 5.69 Å². The Kier molecular flexibility index (Phi) is 7.11. The monoisotopic (exact) mass is 294 g/mol. The Hall–Kier alpha value is -1.66. The van der Waals surface area contributed by atoms with Gasteiger partial charge in [0.25, 0.3) is 5.69 Å². The van der Waals surface area contributed by atoms with Gasteiger partial charge in [-0.3, -0.25) is 10.1 Å². The van der Waals surface area contributed by atoms with Crippen LogP contribution in [0.4, 0.5) is 11.4 Å². The lowest BCUT2D eigenvalue weighted by Crippen LogP contribution is -2.24. The van der Waals surface area contributed by atoms with Crippen LogP contribution in [0.2, 0.25) is 0 Å². The molecule has 1 N–H and O–H groups in total. The smallest absolute Gasteiger partial charge is 0.292 e. The lowest BCUT2D eigenvalue weighted by molar-refractivity contribution is -0.384. The van der Waals surface area contributed by atoms with E-state index < -0.39 is 0 Å². The molecule has 1 rings (SSSR count). The number of nitro groups is 1. The fourth-order valence-corrected chi connectivity index (χ4v) is 2.28. The Bertz CT molecular complexity index is 463. The third-order valence-corrected chi connectivity index (χ3v) is 3.26. The summed E-state index contributed by atoms with van der Waals surface area (Å²) in [5.41, 5.74) is 1.76. The predicted octanol–water partition coefficient (Wildman–Crippen LogP) is 2.41. The van der Waals surface area contributed by atoms with E-state index >= 15 is 0 Å². The van der Waals surface area contributed by atoms with Crippen LogP contribution in [0.3, 0.4) is 0 Å². The SMILES string of the molecule is CCNc1c(CN(C)CCCN(C)C)cccc1[N+](=O)[O-]. The normalized spacial score (nSPS) is 11.1. The first-order valence-electron chi connectivity index (χ1n) is 7.29. The molecular formula is C15H26N4O2. The van der Waals surface area contributed by atoms with Crippen LogP contribution < -0.4 is 5.32 Å². The summed E-state index contributed by atoms with van der Waals surface area (Å²) >= 11 is 0. The second kappa shape index (κ2) is 8.59. The van der Waals surface area contributed by atoms with E-state index in [4.69, 9.17) is 0 Å². The lowest BCUT2D eigenvalue weighted by Gasteiger charge is -2.20. The van der Waals surface area contributed by atoms with Crippen molar-refractivity contribution < 1.29 is 4.92 Å². The van der Waals surface area contributed by atoms with Crippen molar-refractivity contribution in [2.75, 3.05) is 46.1 Å². The van der Waals surface area contributed by atoms with Crippen LogP contribution in [0, 0.1) is 10.1 Å². The Morgan fingerprint density at radius 1 is 1.24 bits per heavy atom. The van der Waals surface area contributed by atoms with E-state index in [9.17, 15) is 10.1 Å². The van der Waals surface area contributed by atoms with Crippen molar-refractivity contribution in [3.63, 3.8) is 0 Å². The van der Waals surface area contributed by atoms with E-state index in [1.807, 2.05) is 20.0 Å². The molecule has 0 amide bonds. The van der Waals surface area contributed by atoms with Crippen LogP contribution in [0.1, 0.15) is 18.9 Å². The van der Waals surface area contributed by atoms with Crippen molar-refractivity contribution in [2.45, 2.75) is 19.9 Å². The summed E-state index contributed by atoms with van der Waals surface area (Å²) in [4.78, 5) is 15.2. The van der Waals surface area contributed by atoms with Gasteiger partial charge in [-0.05, 0) is 53.1 Å². The highest BCUT2D eigenvalue weighted by atomic mass is 16.6. The van der Waals surface area contributed by atoms with Crippen LogP contribution >= 0.6 is 0 Å². The summed E-state index contributed by atoms with van der Waals surface area (Å²) in [5.74, 6) is 0. The predicted molar refractivity (Wildman–Crippen MR) is 86.8 cm³/mol. The first-order chi connectivity index (χ1) is 9.95. The van der Waals surface area contributed by atoms with Crippen molar-refractivity contribution in [3.8, 4) is 0 Å². The quantitative estimate of drug-likeness (QED) is 0.560. The van der Waals surface area contributed by atoms with Gasteiger partial charge in [0.2, 0.25) is 0 Å². The molecule has 0 radical (unpaired) electrons. The van der Waals surface area contributed by atoms with E-state index in [1.165, 1.54) is 0 Å². The molecule has 0 fully saturated rings. The third-order valence-electron chi connectivity index (χ3n) is 3.26. The maximum Gasteiger partial charge on any atom is 0.292 e. The number of benzene rings is 1. The molecule has 118 valence electrons. The van der Waals surface area contributed by atoms with Crippen LogP contribution in [0.25, 0.3) is 0 Å². The minimum Gasteiger partial charge on any atom is -0.380 e. The summed E-state index contributed by atoms with van der Waals surface area (Å²) in [7, 11) is 6.16. The van der Waals surface area contributed by atoms with Crippen LogP contribution in [-0.4, -0.2) is 55.5 Å². The number of nitro benzene ring substituents is 1. The van der Waals surface area contributed by atoms with E-state index in [0.29, 0.717) is 18.8 Å². The van der Waals surface area contributed by atoms with E-state index in [-0.39, 0.29) is 10.6 Å². The molecule has 21 heavy (non-hydrogen) atoms. The minimum absolute atomic E-state index is 0.149. The fourth-order valence-electron chi connectivity index (χ4n) is 2.28. The van der Waals surface area contributed by atoms with Crippen LogP contribution in [-0.2, 0) is 6.54 Å². The second-order valence-electron chi connectivity index (χ2n) is 5.49. The average molecular weight is 294 g/mol. The van der Waals surface area contributed by atoms with Crippen molar-refractivity contribution in [3.05, 3.63) is 33.9 Å². The van der Waals surface area contributed by atoms with Gasteiger partial charge in [0.05, 0.1) is 4.92 Å². The minimum atomic E-state index is -0.326. The van der Waals surface area contributed by atoms with Gasteiger partial charge in [0, 0.05) is 19.2 Å². The highest BCUT2D eigenvalue weighted by molar-refractivity contribution is 5.66. The number of rotatable bonds is 9.